The second-order valence-electron chi connectivity index (χ2n) is 11.1. The monoisotopic (exact) mass is 494 g/mol. The maximum atomic E-state index is 12.5. The van der Waals surface area contributed by atoms with Crippen LogP contribution in [-0.2, 0) is 30.3 Å². The van der Waals surface area contributed by atoms with Crippen molar-refractivity contribution in [2.75, 3.05) is 0 Å². The van der Waals surface area contributed by atoms with Crippen LogP contribution in [0.5, 0.6) is 0 Å². The highest BCUT2D eigenvalue weighted by molar-refractivity contribution is 6.81. The largest absolute Gasteiger partial charge is 0.445 e. The zero-order chi connectivity index (χ0) is 25.5. The number of alkyl carbamates (subject to hydrolysis) is 1. The topological polar surface area (TPSA) is 129 Å². The predicted molar refractivity (Wildman–Crippen MR) is 128 cm³/mol. The molecule has 2 aliphatic rings. The van der Waals surface area contributed by atoms with Crippen LogP contribution in [0.15, 0.2) is 30.3 Å². The average molecular weight is 495 g/mol. The molecule has 2 unspecified atom stereocenters. The number of rotatable bonds is 7. The fourth-order valence-corrected chi connectivity index (χ4v) is 6.22. The van der Waals surface area contributed by atoms with Crippen molar-refractivity contribution in [2.24, 2.45) is 5.73 Å². The van der Waals surface area contributed by atoms with E-state index >= 15 is 0 Å². The Labute approximate surface area is 202 Å². The van der Waals surface area contributed by atoms with Gasteiger partial charge in [0.05, 0.1) is 13.8 Å². The molecule has 34 heavy (non-hydrogen) atoms. The van der Waals surface area contributed by atoms with Crippen molar-refractivity contribution in [3.05, 3.63) is 35.9 Å². The van der Waals surface area contributed by atoms with Gasteiger partial charge in [0.15, 0.2) is 5.79 Å². The Morgan fingerprint density at radius 3 is 2.24 bits per heavy atom. The van der Waals surface area contributed by atoms with E-state index in [4.69, 9.17) is 24.7 Å². The van der Waals surface area contributed by atoms with Gasteiger partial charge >= 0.3 is 6.09 Å². The molecule has 9 nitrogen and oxygen atoms in total. The number of aliphatic hydroxyl groups is 1. The summed E-state index contributed by atoms with van der Waals surface area (Å²) in [5.74, 6) is -1.74. The summed E-state index contributed by atoms with van der Waals surface area (Å²) >= 11 is 0. The van der Waals surface area contributed by atoms with Gasteiger partial charge in [-0.25, -0.2) is 4.79 Å². The quantitative estimate of drug-likeness (QED) is 0.497. The average Bonchev–Trinajstić information content (AvgIpc) is 3.22. The number of primary amides is 1. The molecule has 10 heteroatoms. The summed E-state index contributed by atoms with van der Waals surface area (Å²) in [6, 6.07) is 7.94. The molecule has 0 spiro atoms. The molecule has 4 N–H and O–H groups in total. The lowest BCUT2D eigenvalue weighted by Gasteiger charge is -2.43. The summed E-state index contributed by atoms with van der Waals surface area (Å²) < 4.78 is 23.6. The van der Waals surface area contributed by atoms with E-state index in [-0.39, 0.29) is 11.6 Å². The Morgan fingerprint density at radius 1 is 1.15 bits per heavy atom. The number of fused-ring (bicyclic) bond motifs is 1. The number of amides is 2. The molecule has 1 aromatic carbocycles. The standard InChI is InChI=1S/C24H38N2O7Si/c1-23(2,3)34(6,7)21(28)19-18-17(32-24(4,5)33-18)16(31-19)15(20(25)27)26-22(29)30-13-14-11-9-8-10-12-14/h8-12,15-19,21,28H,13H2,1-7H3,(H2,25,27)(H,26,29)/t15?,16-,17-,18-,19-,21?/m0/s1. The van der Waals surface area contributed by atoms with Crippen LogP contribution >= 0.6 is 0 Å². The van der Waals surface area contributed by atoms with E-state index < -0.39 is 62.0 Å². The Hall–Kier alpha value is -1.98. The second-order valence-corrected chi connectivity index (χ2v) is 16.7. The molecule has 0 bridgehead atoms. The van der Waals surface area contributed by atoms with Crippen LogP contribution in [0.3, 0.4) is 0 Å². The number of benzene rings is 1. The van der Waals surface area contributed by atoms with Gasteiger partial charge in [-0.2, -0.15) is 0 Å². The minimum atomic E-state index is -2.29. The number of nitrogens with two attached hydrogens (primary N) is 1. The van der Waals surface area contributed by atoms with Crippen LogP contribution in [0, 0.1) is 0 Å². The van der Waals surface area contributed by atoms with Crippen molar-refractivity contribution in [1.82, 2.24) is 5.32 Å². The first-order valence-corrected chi connectivity index (χ1v) is 14.7. The molecule has 2 fully saturated rings. The molecule has 3 rings (SSSR count). The van der Waals surface area contributed by atoms with Gasteiger partial charge in [0, 0.05) is 0 Å². The van der Waals surface area contributed by atoms with Crippen molar-refractivity contribution in [3.8, 4) is 0 Å². The van der Waals surface area contributed by atoms with Crippen molar-refractivity contribution >= 4 is 20.1 Å². The Bertz CT molecular complexity index is 887. The first-order valence-electron chi connectivity index (χ1n) is 11.6. The third kappa shape index (κ3) is 5.46. The molecule has 6 atom stereocenters. The number of carbonyl (C=O) groups is 2. The van der Waals surface area contributed by atoms with Gasteiger partial charge < -0.3 is 35.1 Å². The number of ether oxygens (including phenoxy) is 4. The first-order chi connectivity index (χ1) is 15.6. The van der Waals surface area contributed by atoms with E-state index in [1.807, 2.05) is 30.3 Å². The van der Waals surface area contributed by atoms with Gasteiger partial charge in [-0.15, -0.1) is 0 Å². The van der Waals surface area contributed by atoms with Gasteiger partial charge in [0.2, 0.25) is 5.91 Å². The maximum absolute atomic E-state index is 12.5. The highest BCUT2D eigenvalue weighted by Gasteiger charge is 2.62. The third-order valence-electron chi connectivity index (χ3n) is 7.23. The number of hydrogen-bond donors (Lipinski definition) is 3. The van der Waals surface area contributed by atoms with E-state index in [0.717, 1.165) is 5.56 Å². The molecule has 0 aromatic heterocycles. The van der Waals surface area contributed by atoms with Crippen molar-refractivity contribution < 1.29 is 33.6 Å². The molecule has 190 valence electrons. The lowest BCUT2D eigenvalue weighted by atomic mass is 10.0. The fraction of sp³-hybridized carbons (Fsp3) is 0.667. The van der Waals surface area contributed by atoms with Gasteiger partial charge in [0.1, 0.15) is 37.1 Å². The minimum absolute atomic E-state index is 0.0368. The summed E-state index contributed by atoms with van der Waals surface area (Å²) in [5.41, 5.74) is 5.66. The summed E-state index contributed by atoms with van der Waals surface area (Å²) in [6.45, 7) is 14.0. The van der Waals surface area contributed by atoms with Crippen LogP contribution in [0.4, 0.5) is 4.79 Å². The number of carbonyl (C=O) groups excluding carboxylic acids is 2. The van der Waals surface area contributed by atoms with E-state index in [9.17, 15) is 14.7 Å². The van der Waals surface area contributed by atoms with E-state index in [1.165, 1.54) is 0 Å². The molecule has 2 aliphatic heterocycles. The normalized spacial score (nSPS) is 28.1. The summed E-state index contributed by atoms with van der Waals surface area (Å²) in [5, 5.41) is 13.8. The number of aliphatic hydroxyl groups excluding tert-OH is 1. The SMILES string of the molecule is CC1(C)O[C@@H]2[C@H](O1)[C@@H](C(O)[Si](C)(C)C(C)(C)C)O[C@H]2C(NC(=O)OCc1ccccc1)C(N)=O. The molecular weight excluding hydrogens is 456 g/mol. The molecule has 0 aliphatic carbocycles. The van der Waals surface area contributed by atoms with Gasteiger partial charge in [-0.05, 0) is 24.4 Å². The van der Waals surface area contributed by atoms with Crippen molar-refractivity contribution in [3.63, 3.8) is 0 Å². The summed E-state index contributed by atoms with van der Waals surface area (Å²) in [6.07, 6.45) is -3.81. The summed E-state index contributed by atoms with van der Waals surface area (Å²) in [7, 11) is -2.29. The van der Waals surface area contributed by atoms with E-state index in [2.05, 4.69) is 39.2 Å². The zero-order valence-corrected chi connectivity index (χ0v) is 22.0. The Morgan fingerprint density at radius 2 is 1.71 bits per heavy atom. The lowest BCUT2D eigenvalue weighted by molar-refractivity contribution is -0.196. The molecule has 0 saturated carbocycles. The fourth-order valence-electron chi connectivity index (χ4n) is 4.25. The molecule has 1 aromatic rings. The van der Waals surface area contributed by atoms with Crippen LogP contribution in [0.1, 0.15) is 40.2 Å². The zero-order valence-electron chi connectivity index (χ0n) is 21.0. The van der Waals surface area contributed by atoms with E-state index in [1.54, 1.807) is 13.8 Å². The van der Waals surface area contributed by atoms with Crippen LogP contribution in [0.2, 0.25) is 18.1 Å². The van der Waals surface area contributed by atoms with Gasteiger partial charge in [-0.3, -0.25) is 4.79 Å². The van der Waals surface area contributed by atoms with Gasteiger partial charge in [0.25, 0.3) is 0 Å². The Kier molecular flexibility index (Phi) is 7.50. The first kappa shape index (κ1) is 26.6. The van der Waals surface area contributed by atoms with Crippen molar-refractivity contribution in [2.45, 2.75) is 101 Å². The molecular formula is C24H38N2O7Si. The maximum Gasteiger partial charge on any atom is 0.408 e. The molecule has 2 amide bonds. The van der Waals surface area contributed by atoms with Gasteiger partial charge in [-0.1, -0.05) is 64.2 Å². The van der Waals surface area contributed by atoms with Crippen LogP contribution in [-0.4, -0.2) is 67.2 Å². The lowest BCUT2D eigenvalue weighted by Crippen LogP contribution is -2.58. The molecule has 2 saturated heterocycles. The highest BCUT2D eigenvalue weighted by atomic mass is 28.3. The molecule has 2 heterocycles. The highest BCUT2D eigenvalue weighted by Crippen LogP contribution is 2.46. The van der Waals surface area contributed by atoms with Crippen LogP contribution in [0.25, 0.3) is 0 Å². The second kappa shape index (κ2) is 9.58. The van der Waals surface area contributed by atoms with Crippen molar-refractivity contribution in [1.29, 1.82) is 0 Å². The van der Waals surface area contributed by atoms with E-state index in [0.29, 0.717) is 0 Å². The smallest absolute Gasteiger partial charge is 0.408 e. The summed E-state index contributed by atoms with van der Waals surface area (Å²) in [4.78, 5) is 24.9. The Balaban J connectivity index is 1.79. The predicted octanol–water partition coefficient (Wildman–Crippen LogP) is 2.46. The third-order valence-corrected chi connectivity index (χ3v) is 12.9. The van der Waals surface area contributed by atoms with Crippen LogP contribution < -0.4 is 11.1 Å². The number of hydrogen-bond acceptors (Lipinski definition) is 7. The number of nitrogens with one attached hydrogen (secondary N) is 1. The minimum Gasteiger partial charge on any atom is -0.445 e. The molecule has 0 radical (unpaired) electrons.